The SMILES string of the molecule is O=c1c2c(-c3ccccc3)csc2nc2n1CC/C2=C\c1ccccc1[N+](=O)[O-]. The molecule has 0 atom stereocenters. The summed E-state index contributed by atoms with van der Waals surface area (Å²) in [6.07, 6.45) is 2.40. The van der Waals surface area contributed by atoms with E-state index < -0.39 is 4.92 Å². The van der Waals surface area contributed by atoms with Crippen molar-refractivity contribution >= 4 is 38.9 Å². The van der Waals surface area contributed by atoms with Gasteiger partial charge in [0, 0.05) is 23.6 Å². The predicted octanol–water partition coefficient (Wildman–Crippen LogP) is 4.98. The molecule has 0 bridgehead atoms. The van der Waals surface area contributed by atoms with Gasteiger partial charge in [-0.05, 0) is 29.7 Å². The van der Waals surface area contributed by atoms with E-state index in [0.717, 1.165) is 16.7 Å². The molecule has 6 nitrogen and oxygen atoms in total. The first-order chi connectivity index (χ1) is 14.1. The quantitative estimate of drug-likeness (QED) is 0.358. The highest BCUT2D eigenvalue weighted by molar-refractivity contribution is 7.17. The monoisotopic (exact) mass is 401 g/mol. The van der Waals surface area contributed by atoms with Crippen LogP contribution in [0.1, 0.15) is 17.8 Å². The topological polar surface area (TPSA) is 78.0 Å². The molecule has 2 aromatic carbocycles. The van der Waals surface area contributed by atoms with Crippen molar-refractivity contribution in [1.82, 2.24) is 9.55 Å². The summed E-state index contributed by atoms with van der Waals surface area (Å²) < 4.78 is 1.68. The van der Waals surface area contributed by atoms with E-state index in [1.54, 1.807) is 28.8 Å². The fraction of sp³-hybridized carbons (Fsp3) is 0.0909. The van der Waals surface area contributed by atoms with Crippen molar-refractivity contribution in [3.8, 4) is 11.1 Å². The Balaban J connectivity index is 1.68. The highest BCUT2D eigenvalue weighted by Gasteiger charge is 2.24. The van der Waals surface area contributed by atoms with Crippen LogP contribution in [0, 0.1) is 10.1 Å². The summed E-state index contributed by atoms with van der Waals surface area (Å²) in [5.74, 6) is 0.599. The van der Waals surface area contributed by atoms with Crippen molar-refractivity contribution in [2.24, 2.45) is 0 Å². The Hall–Kier alpha value is -3.58. The Morgan fingerprint density at radius 2 is 1.86 bits per heavy atom. The van der Waals surface area contributed by atoms with E-state index in [0.29, 0.717) is 34.6 Å². The molecule has 3 heterocycles. The number of nitro benzene ring substituents is 1. The fourth-order valence-electron chi connectivity index (χ4n) is 3.75. The number of benzene rings is 2. The van der Waals surface area contributed by atoms with Crippen LogP contribution in [0.4, 0.5) is 5.69 Å². The van der Waals surface area contributed by atoms with Crippen LogP contribution < -0.4 is 5.56 Å². The second-order valence-corrected chi connectivity index (χ2v) is 7.68. The summed E-state index contributed by atoms with van der Waals surface area (Å²) in [6.45, 7) is 0.521. The molecule has 0 spiro atoms. The third-order valence-electron chi connectivity index (χ3n) is 5.13. The van der Waals surface area contributed by atoms with Gasteiger partial charge >= 0.3 is 0 Å². The van der Waals surface area contributed by atoms with E-state index in [4.69, 9.17) is 4.98 Å². The Kier molecular flexibility index (Phi) is 4.10. The molecule has 0 fully saturated rings. The number of aromatic nitrogens is 2. The number of allylic oxidation sites excluding steroid dienone is 1. The van der Waals surface area contributed by atoms with Gasteiger partial charge in [0.15, 0.2) is 0 Å². The van der Waals surface area contributed by atoms with Crippen LogP contribution in [-0.2, 0) is 6.54 Å². The average Bonchev–Trinajstić information content (AvgIpc) is 3.34. The van der Waals surface area contributed by atoms with Crippen LogP contribution in [0.25, 0.3) is 33.0 Å². The predicted molar refractivity (Wildman–Crippen MR) is 115 cm³/mol. The zero-order valence-electron chi connectivity index (χ0n) is 15.2. The lowest BCUT2D eigenvalue weighted by Gasteiger charge is -2.05. The molecular formula is C22H15N3O3S. The maximum Gasteiger partial charge on any atom is 0.276 e. The molecule has 0 unspecified atom stereocenters. The van der Waals surface area contributed by atoms with Gasteiger partial charge in [0.05, 0.1) is 15.9 Å². The molecule has 7 heteroatoms. The number of hydrogen-bond acceptors (Lipinski definition) is 5. The van der Waals surface area contributed by atoms with Crippen LogP contribution in [0.3, 0.4) is 0 Å². The van der Waals surface area contributed by atoms with E-state index in [2.05, 4.69) is 0 Å². The summed E-state index contributed by atoms with van der Waals surface area (Å²) >= 11 is 1.45. The molecule has 0 amide bonds. The lowest BCUT2D eigenvalue weighted by molar-refractivity contribution is -0.385. The van der Waals surface area contributed by atoms with E-state index in [1.165, 1.54) is 17.4 Å². The summed E-state index contributed by atoms with van der Waals surface area (Å²) in [6, 6.07) is 16.4. The summed E-state index contributed by atoms with van der Waals surface area (Å²) in [5, 5.41) is 13.9. The third kappa shape index (κ3) is 2.87. The van der Waals surface area contributed by atoms with E-state index in [-0.39, 0.29) is 11.2 Å². The summed E-state index contributed by atoms with van der Waals surface area (Å²) in [5.41, 5.74) is 3.24. The smallest absolute Gasteiger partial charge is 0.276 e. The lowest BCUT2D eigenvalue weighted by atomic mass is 10.1. The van der Waals surface area contributed by atoms with Crippen LogP contribution >= 0.6 is 11.3 Å². The maximum absolute atomic E-state index is 13.2. The first-order valence-electron chi connectivity index (χ1n) is 9.15. The Morgan fingerprint density at radius 1 is 1.10 bits per heavy atom. The van der Waals surface area contributed by atoms with Gasteiger partial charge in [-0.2, -0.15) is 0 Å². The number of thiophene rings is 1. The van der Waals surface area contributed by atoms with Crippen LogP contribution in [-0.4, -0.2) is 14.5 Å². The highest BCUT2D eigenvalue weighted by Crippen LogP contribution is 2.35. The minimum Gasteiger partial charge on any atom is -0.292 e. The molecule has 0 aliphatic carbocycles. The van der Waals surface area contributed by atoms with Gasteiger partial charge in [-0.15, -0.1) is 11.3 Å². The molecule has 0 N–H and O–H groups in total. The number of rotatable bonds is 3. The van der Waals surface area contributed by atoms with Crippen molar-refractivity contribution in [2.75, 3.05) is 0 Å². The minimum atomic E-state index is -0.392. The van der Waals surface area contributed by atoms with Gasteiger partial charge in [-0.3, -0.25) is 19.5 Å². The molecule has 5 rings (SSSR count). The van der Waals surface area contributed by atoms with Gasteiger partial charge in [-0.1, -0.05) is 42.5 Å². The molecule has 2 aromatic heterocycles. The van der Waals surface area contributed by atoms with Crippen molar-refractivity contribution in [1.29, 1.82) is 0 Å². The molecule has 0 saturated heterocycles. The van der Waals surface area contributed by atoms with Gasteiger partial charge in [0.1, 0.15) is 10.7 Å². The number of hydrogen-bond donors (Lipinski definition) is 0. The Labute approximate surface area is 169 Å². The molecule has 1 aliphatic heterocycles. The van der Waals surface area contributed by atoms with Crippen LogP contribution in [0.15, 0.2) is 64.8 Å². The van der Waals surface area contributed by atoms with Crippen molar-refractivity contribution in [2.45, 2.75) is 13.0 Å². The second kappa shape index (κ2) is 6.79. The third-order valence-corrected chi connectivity index (χ3v) is 6.01. The number of nitrogens with zero attached hydrogens (tertiary/aromatic N) is 3. The van der Waals surface area contributed by atoms with Crippen molar-refractivity contribution < 1.29 is 4.92 Å². The largest absolute Gasteiger partial charge is 0.292 e. The van der Waals surface area contributed by atoms with Crippen molar-refractivity contribution in [3.63, 3.8) is 0 Å². The molecule has 0 radical (unpaired) electrons. The number of para-hydroxylation sites is 1. The minimum absolute atomic E-state index is 0.0457. The average molecular weight is 401 g/mol. The van der Waals surface area contributed by atoms with Gasteiger partial charge in [0.25, 0.3) is 11.2 Å². The first kappa shape index (κ1) is 17.5. The van der Waals surface area contributed by atoms with Crippen LogP contribution in [0.2, 0.25) is 0 Å². The molecule has 0 saturated carbocycles. The summed E-state index contributed by atoms with van der Waals surface area (Å²) in [4.78, 5) is 29.6. The van der Waals surface area contributed by atoms with E-state index in [1.807, 2.05) is 35.7 Å². The molecule has 4 aromatic rings. The molecular weight excluding hydrogens is 386 g/mol. The van der Waals surface area contributed by atoms with E-state index in [9.17, 15) is 14.9 Å². The second-order valence-electron chi connectivity index (χ2n) is 6.82. The Bertz CT molecular complexity index is 1350. The highest BCUT2D eigenvalue weighted by atomic mass is 32.1. The first-order valence-corrected chi connectivity index (χ1v) is 10.0. The van der Waals surface area contributed by atoms with Crippen molar-refractivity contribution in [3.05, 3.63) is 91.8 Å². The number of nitro groups is 1. The van der Waals surface area contributed by atoms with E-state index >= 15 is 0 Å². The van der Waals surface area contributed by atoms with Gasteiger partial charge in [-0.25, -0.2) is 4.98 Å². The molecule has 1 aliphatic rings. The fourth-order valence-corrected chi connectivity index (χ4v) is 4.69. The molecule has 142 valence electrons. The summed E-state index contributed by atoms with van der Waals surface area (Å²) in [7, 11) is 0. The van der Waals surface area contributed by atoms with Crippen LogP contribution in [0.5, 0.6) is 0 Å². The standard InChI is InChI=1S/C22H15N3O3S/c26-22-19-17(14-6-2-1-3-7-14)13-29-21(19)23-20-16(10-11-24(20)22)12-15-8-4-5-9-18(15)25(27)28/h1-9,12-13H,10-11H2/b16-12+. The van der Waals surface area contributed by atoms with Gasteiger partial charge in [0.2, 0.25) is 0 Å². The lowest BCUT2D eigenvalue weighted by Crippen LogP contribution is -2.20. The molecule has 29 heavy (non-hydrogen) atoms. The normalized spacial score (nSPS) is 14.4. The number of fused-ring (bicyclic) bond motifs is 2. The zero-order chi connectivity index (χ0) is 20.0. The zero-order valence-corrected chi connectivity index (χ0v) is 16.1. The maximum atomic E-state index is 13.2. The Morgan fingerprint density at radius 3 is 2.66 bits per heavy atom. The van der Waals surface area contributed by atoms with Gasteiger partial charge < -0.3 is 0 Å².